The lowest BCUT2D eigenvalue weighted by Crippen LogP contribution is -2.20. The van der Waals surface area contributed by atoms with E-state index in [0.29, 0.717) is 17.6 Å². The number of hydrogen-bond donors (Lipinski definition) is 1. The van der Waals surface area contributed by atoms with Gasteiger partial charge in [0.15, 0.2) is 0 Å². The predicted molar refractivity (Wildman–Crippen MR) is 55.1 cm³/mol. The van der Waals surface area contributed by atoms with Gasteiger partial charge in [0.2, 0.25) is 5.88 Å². The topological polar surface area (TPSA) is 61.0 Å². The van der Waals surface area contributed by atoms with Gasteiger partial charge in [-0.25, -0.2) is 4.98 Å². The second-order valence-electron chi connectivity index (χ2n) is 3.68. The number of methoxy groups -OCH3 is 1. The molecule has 14 heavy (non-hydrogen) atoms. The maximum atomic E-state index is 5.95. The molecule has 0 saturated carbocycles. The molecule has 0 fully saturated rings. The van der Waals surface area contributed by atoms with Crippen LogP contribution in [0.3, 0.4) is 0 Å². The smallest absolute Gasteiger partial charge is 0.216 e. The van der Waals surface area contributed by atoms with Gasteiger partial charge in [0.25, 0.3) is 0 Å². The molecule has 0 radical (unpaired) electrons. The summed E-state index contributed by atoms with van der Waals surface area (Å²) in [6.45, 7) is 5.99. The average molecular weight is 195 g/mol. The summed E-state index contributed by atoms with van der Waals surface area (Å²) >= 11 is 0. The van der Waals surface area contributed by atoms with Crippen LogP contribution in [0.25, 0.3) is 0 Å². The molecule has 0 aliphatic carbocycles. The van der Waals surface area contributed by atoms with Crippen LogP contribution < -0.4 is 10.5 Å². The van der Waals surface area contributed by atoms with E-state index in [9.17, 15) is 0 Å². The quantitative estimate of drug-likeness (QED) is 0.793. The number of rotatable bonds is 3. The summed E-state index contributed by atoms with van der Waals surface area (Å²) < 4.78 is 5.06. The Balaban J connectivity index is 3.02. The second-order valence-corrected chi connectivity index (χ2v) is 3.68. The highest BCUT2D eigenvalue weighted by atomic mass is 16.5. The van der Waals surface area contributed by atoms with E-state index in [4.69, 9.17) is 10.5 Å². The van der Waals surface area contributed by atoms with Crippen LogP contribution in [0.1, 0.15) is 31.4 Å². The van der Waals surface area contributed by atoms with Crippen LogP contribution in [0.5, 0.6) is 5.88 Å². The molecule has 0 spiro atoms. The van der Waals surface area contributed by atoms with Crippen molar-refractivity contribution in [2.24, 2.45) is 11.7 Å². The lowest BCUT2D eigenvalue weighted by atomic mass is 10.1. The molecule has 0 aromatic carbocycles. The van der Waals surface area contributed by atoms with Gasteiger partial charge < -0.3 is 10.5 Å². The van der Waals surface area contributed by atoms with Gasteiger partial charge in [-0.1, -0.05) is 13.8 Å². The molecular formula is C10H17N3O. The van der Waals surface area contributed by atoms with Crippen LogP contribution in [0.2, 0.25) is 0 Å². The van der Waals surface area contributed by atoms with Crippen molar-refractivity contribution in [1.29, 1.82) is 0 Å². The van der Waals surface area contributed by atoms with E-state index in [1.54, 1.807) is 13.2 Å². The van der Waals surface area contributed by atoms with E-state index in [0.717, 1.165) is 5.69 Å². The van der Waals surface area contributed by atoms with Crippen LogP contribution in [0.15, 0.2) is 6.07 Å². The third-order valence-electron chi connectivity index (χ3n) is 2.07. The lowest BCUT2D eigenvalue weighted by molar-refractivity contribution is 0.387. The van der Waals surface area contributed by atoms with Crippen LogP contribution in [0.4, 0.5) is 0 Å². The fourth-order valence-corrected chi connectivity index (χ4v) is 1.11. The monoisotopic (exact) mass is 195 g/mol. The maximum absolute atomic E-state index is 5.95. The molecule has 78 valence electrons. The molecule has 4 nitrogen and oxygen atoms in total. The van der Waals surface area contributed by atoms with E-state index in [1.165, 1.54) is 0 Å². The van der Waals surface area contributed by atoms with Gasteiger partial charge in [0.05, 0.1) is 13.2 Å². The van der Waals surface area contributed by atoms with Crippen molar-refractivity contribution in [2.75, 3.05) is 7.11 Å². The molecule has 1 atom stereocenters. The third-order valence-corrected chi connectivity index (χ3v) is 2.07. The van der Waals surface area contributed by atoms with E-state index < -0.39 is 0 Å². The summed E-state index contributed by atoms with van der Waals surface area (Å²) in [6, 6.07) is 1.65. The Bertz CT molecular complexity index is 312. The normalized spacial score (nSPS) is 13.0. The molecule has 1 unspecified atom stereocenters. The molecule has 0 saturated heterocycles. The Morgan fingerprint density at radius 3 is 2.50 bits per heavy atom. The summed E-state index contributed by atoms with van der Waals surface area (Å²) in [4.78, 5) is 8.50. The van der Waals surface area contributed by atoms with Crippen LogP contribution in [0, 0.1) is 12.8 Å². The first-order valence-corrected chi connectivity index (χ1v) is 4.69. The molecule has 0 aliphatic heterocycles. The Morgan fingerprint density at radius 1 is 1.36 bits per heavy atom. The van der Waals surface area contributed by atoms with Crippen LogP contribution >= 0.6 is 0 Å². The van der Waals surface area contributed by atoms with E-state index in [1.807, 2.05) is 20.8 Å². The van der Waals surface area contributed by atoms with Crippen molar-refractivity contribution in [2.45, 2.75) is 26.8 Å². The number of nitrogens with zero attached hydrogens (tertiary/aromatic N) is 2. The zero-order chi connectivity index (χ0) is 10.7. The van der Waals surface area contributed by atoms with Gasteiger partial charge in [0, 0.05) is 11.8 Å². The van der Waals surface area contributed by atoms with Crippen molar-refractivity contribution >= 4 is 0 Å². The molecule has 1 heterocycles. The first-order chi connectivity index (χ1) is 6.54. The molecule has 1 aromatic rings. The SMILES string of the molecule is COc1cc(C)nc(C(N)C(C)C)n1. The Labute approximate surface area is 84.5 Å². The average Bonchev–Trinajstić information content (AvgIpc) is 2.15. The number of hydrogen-bond acceptors (Lipinski definition) is 4. The van der Waals surface area contributed by atoms with Gasteiger partial charge in [-0.15, -0.1) is 0 Å². The highest BCUT2D eigenvalue weighted by Gasteiger charge is 2.14. The zero-order valence-electron chi connectivity index (χ0n) is 9.11. The minimum atomic E-state index is -0.135. The van der Waals surface area contributed by atoms with Crippen LogP contribution in [-0.4, -0.2) is 17.1 Å². The van der Waals surface area contributed by atoms with Gasteiger partial charge >= 0.3 is 0 Å². The third kappa shape index (κ3) is 2.42. The zero-order valence-corrected chi connectivity index (χ0v) is 9.11. The molecule has 0 amide bonds. The van der Waals surface area contributed by atoms with Gasteiger partial charge in [-0.3, -0.25) is 0 Å². The van der Waals surface area contributed by atoms with Crippen molar-refractivity contribution in [3.05, 3.63) is 17.6 Å². The molecular weight excluding hydrogens is 178 g/mol. The molecule has 1 rings (SSSR count). The van der Waals surface area contributed by atoms with E-state index in [-0.39, 0.29) is 6.04 Å². The minimum absolute atomic E-state index is 0.135. The van der Waals surface area contributed by atoms with E-state index in [2.05, 4.69) is 9.97 Å². The molecule has 2 N–H and O–H groups in total. The number of aromatic nitrogens is 2. The van der Waals surface area contributed by atoms with Crippen molar-refractivity contribution in [1.82, 2.24) is 9.97 Å². The fraction of sp³-hybridized carbons (Fsp3) is 0.600. The highest BCUT2D eigenvalue weighted by Crippen LogP contribution is 2.18. The first kappa shape index (κ1) is 10.9. The molecule has 0 aliphatic rings. The van der Waals surface area contributed by atoms with E-state index >= 15 is 0 Å². The number of aryl methyl sites for hydroxylation is 1. The van der Waals surface area contributed by atoms with Crippen molar-refractivity contribution in [3.63, 3.8) is 0 Å². The van der Waals surface area contributed by atoms with Gasteiger partial charge in [0.1, 0.15) is 5.82 Å². The number of nitrogens with two attached hydrogens (primary N) is 1. The lowest BCUT2D eigenvalue weighted by Gasteiger charge is -2.14. The van der Waals surface area contributed by atoms with Gasteiger partial charge in [-0.2, -0.15) is 4.98 Å². The standard InChI is InChI=1S/C10H17N3O/c1-6(2)9(11)10-12-7(3)5-8(13-10)14-4/h5-6,9H,11H2,1-4H3. The minimum Gasteiger partial charge on any atom is -0.481 e. The Morgan fingerprint density at radius 2 is 2.00 bits per heavy atom. The maximum Gasteiger partial charge on any atom is 0.216 e. The highest BCUT2D eigenvalue weighted by molar-refractivity contribution is 5.16. The summed E-state index contributed by atoms with van der Waals surface area (Å²) in [6.07, 6.45) is 0. The summed E-state index contributed by atoms with van der Waals surface area (Å²) in [5, 5.41) is 0. The van der Waals surface area contributed by atoms with Crippen LogP contribution in [-0.2, 0) is 0 Å². The van der Waals surface area contributed by atoms with Crippen molar-refractivity contribution < 1.29 is 4.74 Å². The molecule has 1 aromatic heterocycles. The molecule has 4 heteroatoms. The van der Waals surface area contributed by atoms with Gasteiger partial charge in [-0.05, 0) is 12.8 Å². The fourth-order valence-electron chi connectivity index (χ4n) is 1.11. The predicted octanol–water partition coefficient (Wildman–Crippen LogP) is 1.45. The number of ether oxygens (including phenoxy) is 1. The summed E-state index contributed by atoms with van der Waals surface area (Å²) in [5.41, 5.74) is 6.83. The summed E-state index contributed by atoms with van der Waals surface area (Å²) in [7, 11) is 1.59. The largest absolute Gasteiger partial charge is 0.481 e. The Hall–Kier alpha value is -1.16. The first-order valence-electron chi connectivity index (χ1n) is 4.69. The van der Waals surface area contributed by atoms with Crippen molar-refractivity contribution in [3.8, 4) is 5.88 Å². The Kier molecular flexibility index (Phi) is 3.41. The molecule has 0 bridgehead atoms. The second kappa shape index (κ2) is 4.37. The summed E-state index contributed by atoms with van der Waals surface area (Å²) in [5.74, 6) is 1.54.